The minimum absolute atomic E-state index is 0.0646. The molecule has 6 nitrogen and oxygen atoms in total. The summed E-state index contributed by atoms with van der Waals surface area (Å²) in [5.74, 6) is 1.07. The summed E-state index contributed by atoms with van der Waals surface area (Å²) in [6, 6.07) is 6.87. The van der Waals surface area contributed by atoms with Crippen LogP contribution in [0.25, 0.3) is 0 Å². The van der Waals surface area contributed by atoms with Gasteiger partial charge in [-0.1, -0.05) is 19.1 Å². The molecule has 0 bridgehead atoms. The van der Waals surface area contributed by atoms with Gasteiger partial charge in [0, 0.05) is 26.1 Å². The predicted molar refractivity (Wildman–Crippen MR) is 106 cm³/mol. The topological polar surface area (TPSA) is 78.5 Å². The second-order valence-electron chi connectivity index (χ2n) is 7.80. The van der Waals surface area contributed by atoms with Gasteiger partial charge in [-0.2, -0.15) is 4.31 Å². The van der Waals surface area contributed by atoms with E-state index in [0.29, 0.717) is 42.8 Å². The number of benzene rings is 1. The number of nitrogens with zero attached hydrogens (tertiary/aromatic N) is 1. The van der Waals surface area contributed by atoms with Crippen LogP contribution in [0, 0.1) is 11.8 Å². The molecular formula is C20H31N3O3S. The molecule has 0 radical (unpaired) electrons. The summed E-state index contributed by atoms with van der Waals surface area (Å²) in [5, 5.41) is 6.32. The smallest absolute Gasteiger partial charge is 0.243 e. The van der Waals surface area contributed by atoms with Crippen LogP contribution in [0.3, 0.4) is 0 Å². The van der Waals surface area contributed by atoms with Crippen LogP contribution in [0.15, 0.2) is 29.2 Å². The molecule has 27 heavy (non-hydrogen) atoms. The molecule has 7 heteroatoms. The molecule has 2 aliphatic rings. The van der Waals surface area contributed by atoms with E-state index >= 15 is 0 Å². The van der Waals surface area contributed by atoms with Crippen LogP contribution in [0.4, 0.5) is 0 Å². The van der Waals surface area contributed by atoms with Crippen LogP contribution in [-0.4, -0.2) is 44.8 Å². The average Bonchev–Trinajstić information content (AvgIpc) is 3.23. The normalized spacial score (nSPS) is 20.5. The Morgan fingerprint density at radius 1 is 1.19 bits per heavy atom. The van der Waals surface area contributed by atoms with E-state index in [-0.39, 0.29) is 5.91 Å². The third-order valence-electron chi connectivity index (χ3n) is 5.81. The van der Waals surface area contributed by atoms with E-state index in [2.05, 4.69) is 17.6 Å². The number of piperidine rings is 1. The van der Waals surface area contributed by atoms with Gasteiger partial charge in [0.05, 0.1) is 4.90 Å². The molecule has 1 aromatic carbocycles. The Morgan fingerprint density at radius 2 is 1.81 bits per heavy atom. The van der Waals surface area contributed by atoms with Crippen LogP contribution in [0.5, 0.6) is 0 Å². The van der Waals surface area contributed by atoms with Gasteiger partial charge in [-0.15, -0.1) is 0 Å². The molecule has 150 valence electrons. The lowest BCUT2D eigenvalue weighted by molar-refractivity contribution is -0.122. The third-order valence-corrected chi connectivity index (χ3v) is 7.72. The Balaban J connectivity index is 1.48. The fourth-order valence-electron chi connectivity index (χ4n) is 4.00. The molecule has 1 aromatic rings. The Morgan fingerprint density at radius 3 is 2.44 bits per heavy atom. The maximum atomic E-state index is 12.5. The minimum Gasteiger partial charge on any atom is -0.352 e. The largest absolute Gasteiger partial charge is 0.352 e. The van der Waals surface area contributed by atoms with Crippen LogP contribution in [0.2, 0.25) is 0 Å². The van der Waals surface area contributed by atoms with Crippen molar-refractivity contribution in [1.29, 1.82) is 0 Å². The maximum Gasteiger partial charge on any atom is 0.243 e. The highest BCUT2D eigenvalue weighted by Crippen LogP contribution is 2.24. The first kappa shape index (κ1) is 20.3. The quantitative estimate of drug-likeness (QED) is 0.744. The lowest BCUT2D eigenvalue weighted by Crippen LogP contribution is -2.33. The van der Waals surface area contributed by atoms with E-state index in [0.717, 1.165) is 44.3 Å². The van der Waals surface area contributed by atoms with Crippen LogP contribution >= 0.6 is 0 Å². The molecule has 2 N–H and O–H groups in total. The number of nitrogens with one attached hydrogen (secondary N) is 2. The summed E-state index contributed by atoms with van der Waals surface area (Å²) in [6.07, 6.45) is 4.69. The third kappa shape index (κ3) is 5.30. The van der Waals surface area contributed by atoms with E-state index in [1.165, 1.54) is 0 Å². The first-order valence-electron chi connectivity index (χ1n) is 10.0. The maximum absolute atomic E-state index is 12.5. The number of carbonyl (C=O) groups is 1. The zero-order valence-corrected chi connectivity index (χ0v) is 16.9. The number of amides is 1. The van der Waals surface area contributed by atoms with Gasteiger partial charge in [0.2, 0.25) is 15.9 Å². The molecule has 3 rings (SSSR count). The van der Waals surface area contributed by atoms with E-state index in [4.69, 9.17) is 0 Å². The molecule has 2 aliphatic heterocycles. The van der Waals surface area contributed by atoms with Gasteiger partial charge in [-0.25, -0.2) is 8.42 Å². The Hall–Kier alpha value is -1.44. The van der Waals surface area contributed by atoms with Crippen molar-refractivity contribution in [2.75, 3.05) is 26.2 Å². The number of rotatable bonds is 7. The zero-order valence-electron chi connectivity index (χ0n) is 16.1. The van der Waals surface area contributed by atoms with Crippen molar-refractivity contribution in [3.8, 4) is 0 Å². The summed E-state index contributed by atoms with van der Waals surface area (Å²) < 4.78 is 26.6. The highest BCUT2D eigenvalue weighted by molar-refractivity contribution is 7.89. The van der Waals surface area contributed by atoms with Crippen molar-refractivity contribution in [2.24, 2.45) is 11.8 Å². The van der Waals surface area contributed by atoms with Gasteiger partial charge >= 0.3 is 0 Å². The Labute approximate surface area is 162 Å². The number of hydrogen-bond donors (Lipinski definition) is 2. The zero-order chi connectivity index (χ0) is 19.3. The standard InChI is InChI=1S/C20H31N3O3S/c1-16(18-8-10-21-11-9-18)14-20(24)22-15-17-4-6-19(7-5-17)27(25,26)23-12-2-3-13-23/h4-7,16,18,21H,2-3,8-15H2,1H3,(H,22,24). The predicted octanol–water partition coefficient (Wildman–Crippen LogP) is 2.11. The van der Waals surface area contributed by atoms with Crippen LogP contribution in [0.1, 0.15) is 44.6 Å². The van der Waals surface area contributed by atoms with Gasteiger partial charge in [0.1, 0.15) is 0 Å². The first-order chi connectivity index (χ1) is 13.0. The molecule has 1 unspecified atom stereocenters. The van der Waals surface area contributed by atoms with Gasteiger partial charge in [0.15, 0.2) is 0 Å². The van der Waals surface area contributed by atoms with Gasteiger partial charge in [-0.3, -0.25) is 4.79 Å². The Kier molecular flexibility index (Phi) is 6.89. The van der Waals surface area contributed by atoms with E-state index < -0.39 is 10.0 Å². The van der Waals surface area contributed by atoms with Crippen molar-refractivity contribution < 1.29 is 13.2 Å². The molecule has 2 heterocycles. The molecular weight excluding hydrogens is 362 g/mol. The van der Waals surface area contributed by atoms with Crippen molar-refractivity contribution in [3.05, 3.63) is 29.8 Å². The van der Waals surface area contributed by atoms with E-state index in [1.54, 1.807) is 28.6 Å². The summed E-state index contributed by atoms with van der Waals surface area (Å²) in [4.78, 5) is 12.6. The minimum atomic E-state index is -3.37. The molecule has 1 amide bonds. The van der Waals surface area contributed by atoms with Crippen LogP contribution in [-0.2, 0) is 21.4 Å². The number of carbonyl (C=O) groups excluding carboxylic acids is 1. The Bertz CT molecular complexity index is 721. The summed E-state index contributed by atoms with van der Waals surface area (Å²) in [7, 11) is -3.37. The summed E-state index contributed by atoms with van der Waals surface area (Å²) in [5.41, 5.74) is 0.915. The molecule has 1 atom stereocenters. The SMILES string of the molecule is CC(CC(=O)NCc1ccc(S(=O)(=O)N2CCCC2)cc1)C1CCNCC1. The van der Waals surface area contributed by atoms with Crippen LogP contribution < -0.4 is 10.6 Å². The van der Waals surface area contributed by atoms with E-state index in [1.807, 2.05) is 0 Å². The highest BCUT2D eigenvalue weighted by atomic mass is 32.2. The molecule has 0 spiro atoms. The molecule has 0 aliphatic carbocycles. The molecule has 2 saturated heterocycles. The van der Waals surface area contributed by atoms with Gasteiger partial charge in [-0.05, 0) is 68.3 Å². The van der Waals surface area contributed by atoms with Crippen molar-refractivity contribution >= 4 is 15.9 Å². The average molecular weight is 394 g/mol. The van der Waals surface area contributed by atoms with Crippen molar-refractivity contribution in [3.63, 3.8) is 0 Å². The fraction of sp³-hybridized carbons (Fsp3) is 0.650. The lowest BCUT2D eigenvalue weighted by Gasteiger charge is -2.27. The van der Waals surface area contributed by atoms with Crippen molar-refractivity contribution in [2.45, 2.75) is 50.5 Å². The molecule has 0 aromatic heterocycles. The summed E-state index contributed by atoms with van der Waals surface area (Å²) >= 11 is 0. The second-order valence-corrected chi connectivity index (χ2v) is 9.74. The van der Waals surface area contributed by atoms with Gasteiger partial charge < -0.3 is 10.6 Å². The molecule has 0 saturated carbocycles. The molecule has 2 fully saturated rings. The lowest BCUT2D eigenvalue weighted by atomic mass is 9.84. The number of hydrogen-bond acceptors (Lipinski definition) is 4. The fourth-order valence-corrected chi connectivity index (χ4v) is 5.52. The van der Waals surface area contributed by atoms with Gasteiger partial charge in [0.25, 0.3) is 0 Å². The monoisotopic (exact) mass is 393 g/mol. The number of sulfonamides is 1. The highest BCUT2D eigenvalue weighted by Gasteiger charge is 2.27. The summed E-state index contributed by atoms with van der Waals surface area (Å²) in [6.45, 7) is 5.90. The van der Waals surface area contributed by atoms with E-state index in [9.17, 15) is 13.2 Å². The second kappa shape index (κ2) is 9.17. The van der Waals surface area contributed by atoms with Crippen molar-refractivity contribution in [1.82, 2.24) is 14.9 Å². The first-order valence-corrected chi connectivity index (χ1v) is 11.5.